The van der Waals surface area contributed by atoms with Crippen molar-refractivity contribution >= 4 is 23.6 Å². The number of likely N-dealkylation sites (tertiary alicyclic amines) is 1. The van der Waals surface area contributed by atoms with E-state index in [9.17, 15) is 18.0 Å². The number of hydrogen-bond donors (Lipinski definition) is 3. The third-order valence-electron chi connectivity index (χ3n) is 6.48. The Morgan fingerprint density at radius 3 is 2.85 bits per heavy atom. The molecule has 1 aliphatic rings. The van der Waals surface area contributed by atoms with E-state index in [0.29, 0.717) is 24.8 Å². The molecule has 3 heterocycles. The maximum absolute atomic E-state index is 12.3. The van der Waals surface area contributed by atoms with Crippen LogP contribution in [0.3, 0.4) is 0 Å². The molecule has 210 valence electrons. The van der Waals surface area contributed by atoms with Crippen LogP contribution in [0.5, 0.6) is 0 Å². The lowest BCUT2D eigenvalue weighted by Crippen LogP contribution is -2.41. The number of oxime groups is 1. The zero-order chi connectivity index (χ0) is 27.7. The molecule has 1 aliphatic heterocycles. The summed E-state index contributed by atoms with van der Waals surface area (Å²) >= 11 is 0. The number of anilines is 1. The SMILES string of the molecule is CN1CCC(NCCCO/N=C/Cc2ccn3c(-c4cccc(NC(=O)NCC(F)(F)F)c4)cnc3c2)CC1. The number of carbonyl (C=O) groups excluding carboxylic acids is 1. The summed E-state index contributed by atoms with van der Waals surface area (Å²) in [7, 11) is 2.16. The first-order valence-corrected chi connectivity index (χ1v) is 13.0. The van der Waals surface area contributed by atoms with Crippen molar-refractivity contribution in [2.24, 2.45) is 5.16 Å². The third kappa shape index (κ3) is 8.96. The van der Waals surface area contributed by atoms with Gasteiger partial charge in [-0.25, -0.2) is 9.78 Å². The number of aromatic nitrogens is 2. The molecule has 4 rings (SSSR count). The van der Waals surface area contributed by atoms with Crippen LogP contribution in [0.4, 0.5) is 23.7 Å². The molecule has 0 atom stereocenters. The number of hydrogen-bond acceptors (Lipinski definition) is 6. The standard InChI is InChI=1S/C27H34F3N7O2/c1-36-12-8-22(9-13-36)31-10-3-15-39-34-11-6-20-7-14-37-24(18-32-25(37)16-20)21-4-2-5-23(17-21)35-26(38)33-19-27(28,29)30/h2,4-5,7,11,14,16-18,22,31H,3,6,8-10,12-13,15,19H2,1H3,(H2,33,35,38)/b34-11+. The summed E-state index contributed by atoms with van der Waals surface area (Å²) in [6, 6.07) is 10.4. The van der Waals surface area contributed by atoms with E-state index in [1.54, 1.807) is 35.9 Å². The van der Waals surface area contributed by atoms with E-state index in [2.05, 4.69) is 32.7 Å². The van der Waals surface area contributed by atoms with E-state index >= 15 is 0 Å². The molecule has 0 unspecified atom stereocenters. The van der Waals surface area contributed by atoms with E-state index in [-0.39, 0.29) is 0 Å². The largest absolute Gasteiger partial charge is 0.405 e. The van der Waals surface area contributed by atoms with E-state index in [0.717, 1.165) is 48.5 Å². The summed E-state index contributed by atoms with van der Waals surface area (Å²) in [4.78, 5) is 24.0. The molecule has 0 spiro atoms. The average molecular weight is 546 g/mol. The van der Waals surface area contributed by atoms with E-state index in [1.165, 1.54) is 12.8 Å². The van der Waals surface area contributed by atoms with Crippen LogP contribution >= 0.6 is 0 Å². The molecule has 39 heavy (non-hydrogen) atoms. The molecule has 1 saturated heterocycles. The predicted octanol–water partition coefficient (Wildman–Crippen LogP) is 4.30. The van der Waals surface area contributed by atoms with Crippen molar-refractivity contribution in [1.29, 1.82) is 0 Å². The third-order valence-corrected chi connectivity index (χ3v) is 6.48. The van der Waals surface area contributed by atoms with Crippen LogP contribution in [-0.4, -0.2) is 78.6 Å². The number of carbonyl (C=O) groups is 1. The Hall–Kier alpha value is -3.64. The van der Waals surface area contributed by atoms with Crippen molar-refractivity contribution in [3.63, 3.8) is 0 Å². The second kappa shape index (κ2) is 13.4. The lowest BCUT2D eigenvalue weighted by Gasteiger charge is -2.29. The molecule has 1 fully saturated rings. The van der Waals surface area contributed by atoms with Crippen LogP contribution < -0.4 is 16.0 Å². The summed E-state index contributed by atoms with van der Waals surface area (Å²) in [5.41, 5.74) is 3.66. The van der Waals surface area contributed by atoms with Crippen LogP contribution in [0.1, 0.15) is 24.8 Å². The minimum atomic E-state index is -4.48. The number of piperidine rings is 1. The monoisotopic (exact) mass is 545 g/mol. The number of rotatable bonds is 11. The molecule has 3 N–H and O–H groups in total. The second-order valence-corrected chi connectivity index (χ2v) is 9.62. The number of imidazole rings is 1. The number of fused-ring (bicyclic) bond motifs is 1. The zero-order valence-electron chi connectivity index (χ0n) is 21.9. The molecule has 0 aliphatic carbocycles. The van der Waals surface area contributed by atoms with Crippen LogP contribution in [-0.2, 0) is 11.3 Å². The van der Waals surface area contributed by atoms with Crippen LogP contribution in [0.25, 0.3) is 16.9 Å². The van der Waals surface area contributed by atoms with Crippen molar-refractivity contribution in [3.8, 4) is 11.3 Å². The fraction of sp³-hybridized carbons (Fsp3) is 0.444. The van der Waals surface area contributed by atoms with E-state index in [1.807, 2.05) is 28.8 Å². The van der Waals surface area contributed by atoms with Crippen LogP contribution in [0, 0.1) is 0 Å². The van der Waals surface area contributed by atoms with Gasteiger partial charge in [-0.05, 0) is 75.8 Å². The first kappa shape index (κ1) is 28.4. The van der Waals surface area contributed by atoms with Crippen molar-refractivity contribution in [3.05, 3.63) is 54.4 Å². The molecule has 1 aromatic carbocycles. The van der Waals surface area contributed by atoms with Gasteiger partial charge in [0.1, 0.15) is 18.8 Å². The highest BCUT2D eigenvalue weighted by Crippen LogP contribution is 2.24. The number of pyridine rings is 1. The first-order valence-electron chi connectivity index (χ1n) is 13.0. The Morgan fingerprint density at radius 1 is 1.23 bits per heavy atom. The molecular weight excluding hydrogens is 511 g/mol. The predicted molar refractivity (Wildman–Crippen MR) is 145 cm³/mol. The minimum Gasteiger partial charge on any atom is -0.396 e. The molecule has 0 radical (unpaired) electrons. The summed E-state index contributed by atoms with van der Waals surface area (Å²) < 4.78 is 38.9. The van der Waals surface area contributed by atoms with Crippen LogP contribution in [0.15, 0.2) is 53.9 Å². The van der Waals surface area contributed by atoms with Gasteiger partial charge in [0.2, 0.25) is 0 Å². The molecule has 3 aromatic rings. The number of urea groups is 1. The fourth-order valence-electron chi connectivity index (χ4n) is 4.38. The highest BCUT2D eigenvalue weighted by atomic mass is 19.4. The lowest BCUT2D eigenvalue weighted by atomic mass is 10.1. The van der Waals surface area contributed by atoms with Crippen molar-refractivity contribution in [1.82, 2.24) is 24.9 Å². The Balaban J connectivity index is 1.24. The topological polar surface area (TPSA) is 95.3 Å². The maximum Gasteiger partial charge on any atom is 0.405 e. The molecule has 2 amide bonds. The normalized spacial score (nSPS) is 15.2. The van der Waals surface area contributed by atoms with Gasteiger partial charge in [-0.3, -0.25) is 4.40 Å². The molecule has 9 nitrogen and oxygen atoms in total. The number of amides is 2. The highest BCUT2D eigenvalue weighted by molar-refractivity contribution is 5.90. The quantitative estimate of drug-likeness (QED) is 0.190. The highest BCUT2D eigenvalue weighted by Gasteiger charge is 2.27. The Kier molecular flexibility index (Phi) is 9.77. The van der Waals surface area contributed by atoms with Crippen molar-refractivity contribution < 1.29 is 22.8 Å². The minimum absolute atomic E-state index is 0.368. The number of nitrogens with one attached hydrogen (secondary N) is 3. The number of alkyl halides is 3. The number of nitrogens with zero attached hydrogens (tertiary/aromatic N) is 4. The molecular formula is C27H34F3N7O2. The summed E-state index contributed by atoms with van der Waals surface area (Å²) in [6.45, 7) is 2.38. The average Bonchev–Trinajstić information content (AvgIpc) is 3.33. The molecule has 0 saturated carbocycles. The lowest BCUT2D eigenvalue weighted by molar-refractivity contribution is -0.122. The second-order valence-electron chi connectivity index (χ2n) is 9.62. The van der Waals surface area contributed by atoms with Gasteiger partial charge in [0.25, 0.3) is 0 Å². The van der Waals surface area contributed by atoms with Gasteiger partial charge in [-0.1, -0.05) is 17.3 Å². The molecule has 12 heteroatoms. The summed E-state index contributed by atoms with van der Waals surface area (Å²) in [6.07, 6.45) is 4.74. The Morgan fingerprint density at radius 2 is 2.05 bits per heavy atom. The van der Waals surface area contributed by atoms with Gasteiger partial charge in [0.05, 0.1) is 11.9 Å². The first-order chi connectivity index (χ1) is 18.8. The zero-order valence-corrected chi connectivity index (χ0v) is 21.9. The number of benzene rings is 1. The smallest absolute Gasteiger partial charge is 0.396 e. The van der Waals surface area contributed by atoms with Gasteiger partial charge < -0.3 is 25.7 Å². The number of halogens is 3. The van der Waals surface area contributed by atoms with Gasteiger partial charge in [-0.15, -0.1) is 0 Å². The summed E-state index contributed by atoms with van der Waals surface area (Å²) in [5.74, 6) is 0. The fourth-order valence-corrected chi connectivity index (χ4v) is 4.38. The van der Waals surface area contributed by atoms with Crippen LogP contribution in [0.2, 0.25) is 0 Å². The molecule has 0 bridgehead atoms. The van der Waals surface area contributed by atoms with Gasteiger partial charge in [0, 0.05) is 36.1 Å². The van der Waals surface area contributed by atoms with Gasteiger partial charge in [-0.2, -0.15) is 13.2 Å². The maximum atomic E-state index is 12.3. The summed E-state index contributed by atoms with van der Waals surface area (Å²) in [5, 5.41) is 11.9. The van der Waals surface area contributed by atoms with E-state index < -0.39 is 18.8 Å². The van der Waals surface area contributed by atoms with Crippen molar-refractivity contribution in [2.45, 2.75) is 37.9 Å². The van der Waals surface area contributed by atoms with Gasteiger partial charge >= 0.3 is 12.2 Å². The molecule has 2 aromatic heterocycles. The van der Waals surface area contributed by atoms with E-state index in [4.69, 9.17) is 4.84 Å². The van der Waals surface area contributed by atoms with Crippen molar-refractivity contribution in [2.75, 3.05) is 45.2 Å². The Labute approximate surface area is 225 Å². The Bertz CT molecular complexity index is 1250. The van der Waals surface area contributed by atoms with Gasteiger partial charge in [0.15, 0.2) is 0 Å².